The first kappa shape index (κ1) is 13.3. The van der Waals surface area contributed by atoms with Crippen molar-refractivity contribution in [3.8, 4) is 0 Å². The highest BCUT2D eigenvalue weighted by atomic mass is 16.3. The van der Waals surface area contributed by atoms with E-state index in [-0.39, 0.29) is 11.6 Å². The van der Waals surface area contributed by atoms with Crippen molar-refractivity contribution in [1.29, 1.82) is 0 Å². The minimum Gasteiger partial charge on any atom is -0.459 e. The van der Waals surface area contributed by atoms with E-state index in [0.29, 0.717) is 23.1 Å². The molecule has 0 unspecified atom stereocenters. The Hall–Kier alpha value is -2.42. The summed E-state index contributed by atoms with van der Waals surface area (Å²) in [6.07, 6.45) is 2.14. The van der Waals surface area contributed by atoms with Crippen LogP contribution in [0.25, 0.3) is 21.7 Å². The molecule has 1 heterocycles. The first-order chi connectivity index (χ1) is 10.6. The fourth-order valence-corrected chi connectivity index (χ4v) is 3.67. The number of carbonyl (C=O) groups is 2. The maximum absolute atomic E-state index is 12.4. The van der Waals surface area contributed by atoms with Gasteiger partial charge in [-0.3, -0.25) is 9.59 Å². The van der Waals surface area contributed by atoms with E-state index >= 15 is 0 Å². The second kappa shape index (κ2) is 4.54. The highest BCUT2D eigenvalue weighted by molar-refractivity contribution is 6.24. The lowest BCUT2D eigenvalue weighted by molar-refractivity contribution is 0.0970. The van der Waals surface area contributed by atoms with E-state index in [1.165, 1.54) is 0 Å². The van der Waals surface area contributed by atoms with Crippen LogP contribution in [0.1, 0.15) is 51.8 Å². The Kier molecular flexibility index (Phi) is 2.73. The molecule has 0 saturated heterocycles. The van der Waals surface area contributed by atoms with Gasteiger partial charge in [0.15, 0.2) is 11.6 Å². The maximum atomic E-state index is 12.4. The zero-order valence-electron chi connectivity index (χ0n) is 12.7. The molecule has 3 aromatic rings. The average Bonchev–Trinajstić information content (AvgIpc) is 2.87. The minimum absolute atomic E-state index is 0.0215. The van der Waals surface area contributed by atoms with Crippen molar-refractivity contribution < 1.29 is 14.0 Å². The van der Waals surface area contributed by atoms with E-state index < -0.39 is 0 Å². The molecule has 3 heteroatoms. The zero-order valence-corrected chi connectivity index (χ0v) is 12.7. The molecule has 3 nitrogen and oxygen atoms in total. The minimum atomic E-state index is -0.0215. The Morgan fingerprint density at radius 1 is 1.14 bits per heavy atom. The molecule has 0 spiro atoms. The summed E-state index contributed by atoms with van der Waals surface area (Å²) in [6.45, 7) is 3.50. The number of Topliss-reactive ketones (excluding diaryl/α,β-unsaturated/α-hetero) is 2. The quantitative estimate of drug-likeness (QED) is 0.615. The summed E-state index contributed by atoms with van der Waals surface area (Å²) in [5.41, 5.74) is 2.81. The molecule has 2 aromatic carbocycles. The molecule has 0 radical (unpaired) electrons. The van der Waals surface area contributed by atoms with Gasteiger partial charge >= 0.3 is 0 Å². The number of hydrogen-bond donors (Lipinski definition) is 0. The molecule has 1 aliphatic carbocycles. The van der Waals surface area contributed by atoms with Crippen LogP contribution in [0.2, 0.25) is 0 Å². The summed E-state index contributed by atoms with van der Waals surface area (Å²) in [6, 6.07) is 7.93. The fraction of sp³-hybridized carbons (Fsp3) is 0.263. The second-order valence-corrected chi connectivity index (χ2v) is 5.98. The molecule has 0 bridgehead atoms. The lowest BCUT2D eigenvalue weighted by atomic mass is 9.89. The molecule has 110 valence electrons. The zero-order chi connectivity index (χ0) is 15.4. The molecule has 0 atom stereocenters. The number of rotatable bonds is 1. The van der Waals surface area contributed by atoms with E-state index in [9.17, 15) is 9.59 Å². The third kappa shape index (κ3) is 1.62. The van der Waals surface area contributed by atoms with Gasteiger partial charge in [-0.15, -0.1) is 0 Å². The molecule has 0 amide bonds. The normalized spacial score (nSPS) is 14.5. The Bertz CT molecular complexity index is 960. The van der Waals surface area contributed by atoms with Crippen LogP contribution in [0.15, 0.2) is 28.7 Å². The van der Waals surface area contributed by atoms with Crippen LogP contribution in [-0.4, -0.2) is 11.6 Å². The lowest BCUT2D eigenvalue weighted by Crippen LogP contribution is -2.08. The largest absolute Gasteiger partial charge is 0.459 e. The van der Waals surface area contributed by atoms with Gasteiger partial charge in [-0.25, -0.2) is 0 Å². The van der Waals surface area contributed by atoms with Crippen LogP contribution < -0.4 is 0 Å². The topological polar surface area (TPSA) is 47.3 Å². The molecule has 1 aliphatic rings. The Balaban J connectivity index is 2.31. The van der Waals surface area contributed by atoms with Crippen molar-refractivity contribution in [2.24, 2.45) is 0 Å². The van der Waals surface area contributed by atoms with Crippen molar-refractivity contribution in [2.45, 2.75) is 33.1 Å². The smallest absolute Gasteiger partial charge is 0.167 e. The van der Waals surface area contributed by atoms with Crippen molar-refractivity contribution in [3.63, 3.8) is 0 Å². The molecule has 0 fully saturated rings. The predicted molar refractivity (Wildman–Crippen MR) is 85.7 cm³/mol. The number of carbonyl (C=O) groups excluding carboxylic acids is 2. The lowest BCUT2D eigenvalue weighted by Gasteiger charge is -2.10. The van der Waals surface area contributed by atoms with E-state index in [1.54, 1.807) is 6.92 Å². The van der Waals surface area contributed by atoms with Crippen LogP contribution in [0.5, 0.6) is 0 Å². The molecule has 1 aromatic heterocycles. The van der Waals surface area contributed by atoms with Gasteiger partial charge in [0, 0.05) is 18.2 Å². The number of hydrogen-bond acceptors (Lipinski definition) is 3. The highest BCUT2D eigenvalue weighted by Gasteiger charge is 2.29. The molecule has 0 N–H and O–H groups in total. The monoisotopic (exact) mass is 292 g/mol. The molecular weight excluding hydrogens is 276 g/mol. The summed E-state index contributed by atoms with van der Waals surface area (Å²) in [5, 5.41) is 2.84. The Morgan fingerprint density at radius 2 is 1.86 bits per heavy atom. The van der Waals surface area contributed by atoms with Crippen LogP contribution >= 0.6 is 0 Å². The molecule has 0 saturated carbocycles. The van der Waals surface area contributed by atoms with Gasteiger partial charge in [-0.05, 0) is 36.6 Å². The van der Waals surface area contributed by atoms with Crippen LogP contribution in [0.3, 0.4) is 0 Å². The highest BCUT2D eigenvalue weighted by Crippen LogP contribution is 2.40. The van der Waals surface area contributed by atoms with Crippen molar-refractivity contribution in [2.75, 3.05) is 0 Å². The van der Waals surface area contributed by atoms with Gasteiger partial charge in [0.2, 0.25) is 0 Å². The van der Waals surface area contributed by atoms with Crippen LogP contribution in [0, 0.1) is 6.92 Å². The average molecular weight is 292 g/mol. The summed E-state index contributed by atoms with van der Waals surface area (Å²) in [7, 11) is 0. The molecule has 4 rings (SSSR count). The number of ketones is 2. The number of furan rings is 1. The van der Waals surface area contributed by atoms with Gasteiger partial charge < -0.3 is 4.42 Å². The second-order valence-electron chi connectivity index (χ2n) is 5.98. The molecule has 22 heavy (non-hydrogen) atoms. The van der Waals surface area contributed by atoms with Gasteiger partial charge in [0.1, 0.15) is 11.3 Å². The fourth-order valence-electron chi connectivity index (χ4n) is 3.67. The Morgan fingerprint density at radius 3 is 2.59 bits per heavy atom. The summed E-state index contributed by atoms with van der Waals surface area (Å²) < 4.78 is 6.00. The van der Waals surface area contributed by atoms with Gasteiger partial charge in [-0.2, -0.15) is 0 Å². The SMILES string of the molecule is CC(=O)c1c(C)c2ccccc2c2c3c(oc12)CCCC3=O. The third-order valence-electron chi connectivity index (χ3n) is 4.62. The van der Waals surface area contributed by atoms with Crippen molar-refractivity contribution >= 4 is 33.3 Å². The van der Waals surface area contributed by atoms with Crippen molar-refractivity contribution in [3.05, 3.63) is 46.7 Å². The van der Waals surface area contributed by atoms with Gasteiger partial charge in [-0.1, -0.05) is 24.3 Å². The number of benzene rings is 2. The predicted octanol–water partition coefficient (Wildman–Crippen LogP) is 4.62. The van der Waals surface area contributed by atoms with E-state index in [0.717, 1.165) is 40.3 Å². The van der Waals surface area contributed by atoms with E-state index in [1.807, 2.05) is 31.2 Å². The third-order valence-corrected chi connectivity index (χ3v) is 4.62. The summed E-state index contributed by atoms with van der Waals surface area (Å²) >= 11 is 0. The van der Waals surface area contributed by atoms with Crippen LogP contribution in [-0.2, 0) is 6.42 Å². The molecular formula is C19H16O3. The summed E-state index contributed by atoms with van der Waals surface area (Å²) in [4.78, 5) is 24.6. The van der Waals surface area contributed by atoms with Gasteiger partial charge in [0.05, 0.1) is 11.1 Å². The number of fused-ring (bicyclic) bond motifs is 5. The summed E-state index contributed by atoms with van der Waals surface area (Å²) in [5.74, 6) is 0.847. The Labute approximate surface area is 127 Å². The maximum Gasteiger partial charge on any atom is 0.167 e. The van der Waals surface area contributed by atoms with E-state index in [4.69, 9.17) is 4.42 Å². The van der Waals surface area contributed by atoms with E-state index in [2.05, 4.69) is 0 Å². The molecule has 0 aliphatic heterocycles. The van der Waals surface area contributed by atoms with Crippen LogP contribution in [0.4, 0.5) is 0 Å². The van der Waals surface area contributed by atoms with Gasteiger partial charge in [0.25, 0.3) is 0 Å². The standard InChI is InChI=1S/C19H16O3/c1-10-12-6-3-4-7-13(12)17-18-14(21)8-5-9-15(18)22-19(17)16(10)11(2)20/h3-4,6-7H,5,8-9H2,1-2H3. The van der Waals surface area contributed by atoms with Crippen molar-refractivity contribution in [1.82, 2.24) is 0 Å². The first-order valence-corrected chi connectivity index (χ1v) is 7.60. The number of aryl methyl sites for hydroxylation is 2. The first-order valence-electron chi connectivity index (χ1n) is 7.60.